The normalized spacial score (nSPS) is 17.7. The molecule has 1 unspecified atom stereocenters. The van der Waals surface area contributed by atoms with Crippen LogP contribution in [0.1, 0.15) is 80.5 Å². The summed E-state index contributed by atoms with van der Waals surface area (Å²) in [4.78, 5) is 52.8. The fourth-order valence-corrected chi connectivity index (χ4v) is 11.8. The third kappa shape index (κ3) is 14.4. The van der Waals surface area contributed by atoms with E-state index in [0.29, 0.717) is 34.4 Å². The number of terminal acetylenes is 1. The molecule has 4 aromatic carbocycles. The van der Waals surface area contributed by atoms with Crippen molar-refractivity contribution in [2.24, 2.45) is 16.3 Å². The Balaban J connectivity index is 0.755. The van der Waals surface area contributed by atoms with Crippen LogP contribution in [-0.4, -0.2) is 172 Å². The fraction of sp³-hybridized carbons (Fsp3) is 0.429. The number of carbonyl (C=O) groups excluding carboxylic acids is 2. The van der Waals surface area contributed by atoms with Gasteiger partial charge in [0.15, 0.2) is 11.7 Å². The maximum Gasteiger partial charge on any atom is 0.449 e. The number of amidine groups is 2. The summed E-state index contributed by atoms with van der Waals surface area (Å²) in [5.74, 6) is -3.39. The molecule has 0 bridgehead atoms. The number of amides is 1. The van der Waals surface area contributed by atoms with Crippen LogP contribution in [0.3, 0.4) is 0 Å². The number of nitrogens with zero attached hydrogens (tertiary/aromatic N) is 9. The van der Waals surface area contributed by atoms with Gasteiger partial charge in [-0.1, -0.05) is 44.0 Å². The number of piperazine rings is 1. The topological polar surface area (TPSA) is 231 Å². The number of aliphatic imine (C=N–C) groups is 1. The lowest BCUT2D eigenvalue weighted by Crippen LogP contribution is -2.50. The second kappa shape index (κ2) is 25.7. The maximum absolute atomic E-state index is 17.3. The van der Waals surface area contributed by atoms with Gasteiger partial charge < -0.3 is 40.1 Å². The molecule has 1 amide bonds. The molecule has 1 atom stereocenters. The first-order chi connectivity index (χ1) is 41.9. The zero-order valence-electron chi connectivity index (χ0n) is 48.5. The van der Waals surface area contributed by atoms with Crippen LogP contribution in [0.5, 0.6) is 23.3 Å². The number of pyridine rings is 1. The van der Waals surface area contributed by atoms with Crippen LogP contribution in [0.15, 0.2) is 77.9 Å². The number of phenols is 3. The minimum Gasteiger partial charge on any atom is -0.508 e. The molecular formula is C63H67F7N12O6. The van der Waals surface area contributed by atoms with Crippen LogP contribution >= 0.6 is 0 Å². The minimum absolute atomic E-state index is 0.0721. The monoisotopic (exact) mass is 1220 g/mol. The van der Waals surface area contributed by atoms with Crippen molar-refractivity contribution >= 4 is 62.8 Å². The highest BCUT2D eigenvalue weighted by Crippen LogP contribution is 2.47. The molecule has 5 heterocycles. The molecule has 2 aromatic heterocycles. The summed E-state index contributed by atoms with van der Waals surface area (Å²) in [6, 6.07) is 16.3. The number of benzene rings is 4. The minimum atomic E-state index is -4.97. The Labute approximate surface area is 503 Å². The van der Waals surface area contributed by atoms with Gasteiger partial charge in [-0.2, -0.15) is 36.3 Å². The lowest BCUT2D eigenvalue weighted by molar-refractivity contribution is -0.171. The van der Waals surface area contributed by atoms with Crippen molar-refractivity contribution in [1.82, 2.24) is 35.0 Å². The van der Waals surface area contributed by atoms with E-state index in [1.807, 2.05) is 0 Å². The highest BCUT2D eigenvalue weighted by Gasteiger charge is 2.46. The molecule has 18 nitrogen and oxygen atoms in total. The average Bonchev–Trinajstić information content (AvgIpc) is 1.39. The molecule has 6 aromatic rings. The van der Waals surface area contributed by atoms with Crippen molar-refractivity contribution in [3.63, 3.8) is 0 Å². The number of hydrogen-bond acceptors (Lipinski definition) is 16. The standard InChI is InChI=1S/C63H67F7N12O6/c1-4-40-6-5-7-41-26-44(83)27-47(52(40)41)54-53(64)55-48(30-74-54)58(81-21-18-73-42(33-81)10-13-51(86)63(68,69)70)77-60(76-55)88-36-61(16-17-61)35-80-24-22-79(23-25-80)32-39-14-19-78(20-15-39)31-38-8-11-43(12-9-38)82(57(72)59(87)75-34-62(65,66)67)56(71)46-28-45(37(2)3)49(84)29-50(46)85/h1,5-9,11-12,18,26-30,37,39,42,71-72,83-85H,10,13-17,19-25,31-36H2,2-3H3,(H,75,87). The second-order valence-corrected chi connectivity index (χ2v) is 23.6. The lowest BCUT2D eigenvalue weighted by Gasteiger charge is -2.39. The third-order valence-electron chi connectivity index (χ3n) is 16.8. The average molecular weight is 1220 g/mol. The molecular weight excluding hydrogens is 1150 g/mol. The Morgan fingerprint density at radius 2 is 1.62 bits per heavy atom. The van der Waals surface area contributed by atoms with Crippen molar-refractivity contribution in [3.8, 4) is 46.9 Å². The van der Waals surface area contributed by atoms with Gasteiger partial charge in [0.25, 0.3) is 5.91 Å². The number of ether oxygens (including phenoxy) is 1. The van der Waals surface area contributed by atoms with Gasteiger partial charge in [-0.3, -0.25) is 40.2 Å². The van der Waals surface area contributed by atoms with Crippen molar-refractivity contribution in [1.29, 1.82) is 10.8 Å². The first kappa shape index (κ1) is 62.6. The number of Topliss-reactive ketones (excluding diaryl/α,β-unsaturated/α-hetero) is 1. The van der Waals surface area contributed by atoms with E-state index in [1.165, 1.54) is 30.6 Å². The highest BCUT2D eigenvalue weighted by atomic mass is 19.4. The smallest absolute Gasteiger partial charge is 0.449 e. The number of hydrogen-bond donors (Lipinski definition) is 6. The lowest BCUT2D eigenvalue weighted by atomic mass is 9.95. The van der Waals surface area contributed by atoms with E-state index in [2.05, 4.69) is 35.6 Å². The molecule has 10 rings (SSSR count). The molecule has 3 fully saturated rings. The molecule has 1 saturated carbocycles. The third-order valence-corrected chi connectivity index (χ3v) is 16.8. The van der Waals surface area contributed by atoms with Crippen LogP contribution < -0.4 is 19.9 Å². The Morgan fingerprint density at radius 3 is 2.30 bits per heavy atom. The zero-order valence-corrected chi connectivity index (χ0v) is 48.5. The fourth-order valence-electron chi connectivity index (χ4n) is 11.8. The highest BCUT2D eigenvalue weighted by molar-refractivity contribution is 6.48. The summed E-state index contributed by atoms with van der Waals surface area (Å²) in [5, 5.41) is 52.5. The summed E-state index contributed by atoms with van der Waals surface area (Å²) in [6.07, 6.45) is 1.87. The number of nitrogens with one attached hydrogen (secondary N) is 3. The molecule has 25 heteroatoms. The van der Waals surface area contributed by atoms with Gasteiger partial charge in [-0.05, 0) is 110 Å². The summed E-state index contributed by atoms with van der Waals surface area (Å²) >= 11 is 0. The largest absolute Gasteiger partial charge is 0.508 e. The van der Waals surface area contributed by atoms with E-state index in [-0.39, 0.29) is 94.2 Å². The number of phenolic OH excluding ortho intramolecular Hbond substituents is 3. The Bertz CT molecular complexity index is 3700. The van der Waals surface area contributed by atoms with E-state index < -0.39 is 66.3 Å². The number of likely N-dealkylation sites (tertiary alicyclic amines) is 1. The van der Waals surface area contributed by atoms with Gasteiger partial charge in [0.05, 0.1) is 30.1 Å². The summed E-state index contributed by atoms with van der Waals surface area (Å²) in [7, 11) is 0. The van der Waals surface area contributed by atoms with E-state index >= 15 is 4.39 Å². The summed E-state index contributed by atoms with van der Waals surface area (Å²) in [5.41, 5.74) is 1.47. The number of alkyl halides is 6. The van der Waals surface area contributed by atoms with Crippen molar-refractivity contribution in [2.75, 3.05) is 88.4 Å². The van der Waals surface area contributed by atoms with Gasteiger partial charge in [0, 0.05) is 105 Å². The molecule has 88 heavy (non-hydrogen) atoms. The number of carbonyl (C=O) groups is 2. The maximum atomic E-state index is 17.3. The summed E-state index contributed by atoms with van der Waals surface area (Å²) < 4.78 is 102. The molecule has 2 saturated heterocycles. The number of piperidine rings is 1. The number of aromatic hydroxyl groups is 3. The second-order valence-electron chi connectivity index (χ2n) is 23.6. The number of rotatable bonds is 18. The number of anilines is 2. The molecule has 0 spiro atoms. The van der Waals surface area contributed by atoms with Crippen LogP contribution in [0.4, 0.5) is 42.2 Å². The SMILES string of the molecule is C#Cc1cccc2cc(O)cc(-c3ncc4c(N5CC=NC(CCC(=O)C(F)(F)F)C5)nc(OCC5(CN6CCN(CC7CCN(Cc8ccc(N(C(=N)C(=O)NCC(F)(F)F)C(=N)c9cc(C(C)C)c(O)cc9O)cc8)CC7)CC6)CC5)nc4c3F)c12. The van der Waals surface area contributed by atoms with Gasteiger partial charge >= 0.3 is 18.4 Å². The van der Waals surface area contributed by atoms with E-state index in [9.17, 15) is 51.3 Å². The zero-order chi connectivity index (χ0) is 62.8. The predicted molar refractivity (Wildman–Crippen MR) is 319 cm³/mol. The number of aromatic nitrogens is 3. The molecule has 1 aliphatic carbocycles. The first-order valence-electron chi connectivity index (χ1n) is 29.1. The summed E-state index contributed by atoms with van der Waals surface area (Å²) in [6.45, 7) is 9.74. The van der Waals surface area contributed by atoms with Crippen LogP contribution in [0.2, 0.25) is 0 Å². The quantitative estimate of drug-likeness (QED) is 0.0204. The van der Waals surface area contributed by atoms with Crippen molar-refractivity contribution < 1.29 is 60.4 Å². The number of fused-ring (bicyclic) bond motifs is 2. The van der Waals surface area contributed by atoms with Gasteiger partial charge in [0.1, 0.15) is 46.7 Å². The molecule has 464 valence electrons. The molecule has 0 radical (unpaired) electrons. The van der Waals surface area contributed by atoms with Crippen molar-refractivity contribution in [3.05, 3.63) is 101 Å². The van der Waals surface area contributed by atoms with Gasteiger partial charge in [0.2, 0.25) is 5.78 Å². The Kier molecular flexibility index (Phi) is 18.3. The molecule has 6 N–H and O–H groups in total. The van der Waals surface area contributed by atoms with Gasteiger partial charge in [-0.25, -0.2) is 4.39 Å². The van der Waals surface area contributed by atoms with Crippen LogP contribution in [-0.2, 0) is 16.1 Å². The Hall–Kier alpha value is -8.47. The number of halogens is 7. The predicted octanol–water partition coefficient (Wildman–Crippen LogP) is 9.55. The number of ketones is 1. The first-order valence-corrected chi connectivity index (χ1v) is 29.1. The van der Waals surface area contributed by atoms with Crippen molar-refractivity contribution in [2.45, 2.75) is 83.2 Å². The molecule has 4 aliphatic rings. The Morgan fingerprint density at radius 1 is 0.909 bits per heavy atom. The van der Waals surface area contributed by atoms with Gasteiger partial charge in [-0.15, -0.1) is 6.42 Å². The van der Waals surface area contributed by atoms with E-state index in [0.717, 1.165) is 94.6 Å². The van der Waals surface area contributed by atoms with Crippen LogP contribution in [0, 0.1) is 40.3 Å². The molecule has 3 aliphatic heterocycles. The van der Waals surface area contributed by atoms with Crippen LogP contribution in [0.25, 0.3) is 32.9 Å². The van der Waals surface area contributed by atoms with E-state index in [1.54, 1.807) is 66.5 Å². The van der Waals surface area contributed by atoms with E-state index in [4.69, 9.17) is 27.0 Å².